The monoisotopic (exact) mass is 415 g/mol. The lowest BCUT2D eigenvalue weighted by atomic mass is 10.1. The largest absolute Gasteiger partial charge is 0.481 e. The summed E-state index contributed by atoms with van der Waals surface area (Å²) < 4.78 is 26.8. The Hall–Kier alpha value is -2.96. The lowest BCUT2D eigenvalue weighted by molar-refractivity contribution is -0.145. The first-order valence-electron chi connectivity index (χ1n) is 7.16. The van der Waals surface area contributed by atoms with Gasteiger partial charge < -0.3 is 21.7 Å². The number of fused-ring (bicyclic) bond motifs is 1. The molecule has 2 aromatic rings. The van der Waals surface area contributed by atoms with Gasteiger partial charge in [0.25, 0.3) is 0 Å². The molecular formula is C14H14ClN5O6S. The molecule has 0 bridgehead atoms. The maximum atomic E-state index is 12.5. The average molecular weight is 416 g/mol. The third-order valence-corrected chi connectivity index (χ3v) is 5.08. The quantitative estimate of drug-likeness (QED) is 0.305. The first-order valence-corrected chi connectivity index (χ1v) is 9.02. The van der Waals surface area contributed by atoms with E-state index in [4.69, 9.17) is 33.3 Å². The Morgan fingerprint density at radius 3 is 2.48 bits per heavy atom. The van der Waals surface area contributed by atoms with Gasteiger partial charge in [0, 0.05) is 17.0 Å². The fourth-order valence-electron chi connectivity index (χ4n) is 2.16. The average Bonchev–Trinajstić information content (AvgIpc) is 2.55. The molecule has 1 atom stereocenters. The summed E-state index contributed by atoms with van der Waals surface area (Å²) in [6, 6.07) is 1.85. The van der Waals surface area contributed by atoms with E-state index in [1.165, 1.54) is 18.3 Å². The predicted molar refractivity (Wildman–Crippen MR) is 96.2 cm³/mol. The highest BCUT2D eigenvalue weighted by Gasteiger charge is 2.28. The van der Waals surface area contributed by atoms with Gasteiger partial charge in [-0.05, 0) is 12.1 Å². The summed E-state index contributed by atoms with van der Waals surface area (Å²) in [4.78, 5) is 29.2. The molecule has 0 saturated heterocycles. The number of benzene rings is 1. The first kappa shape index (κ1) is 20.4. The second-order valence-electron chi connectivity index (χ2n) is 5.28. The number of guanidine groups is 1. The topological polar surface area (TPSA) is 198 Å². The van der Waals surface area contributed by atoms with Crippen molar-refractivity contribution in [1.82, 2.24) is 9.71 Å². The van der Waals surface area contributed by atoms with Crippen LogP contribution in [0.1, 0.15) is 6.42 Å². The molecule has 0 aliphatic rings. The van der Waals surface area contributed by atoms with E-state index in [1.54, 1.807) is 0 Å². The maximum Gasteiger partial charge on any atom is 0.322 e. The second kappa shape index (κ2) is 7.73. The van der Waals surface area contributed by atoms with E-state index in [0.29, 0.717) is 5.39 Å². The van der Waals surface area contributed by atoms with E-state index >= 15 is 0 Å². The number of carbonyl (C=O) groups is 2. The van der Waals surface area contributed by atoms with E-state index in [2.05, 4.69) is 9.98 Å². The normalized spacial score (nSPS) is 12.5. The molecule has 0 spiro atoms. The van der Waals surface area contributed by atoms with Gasteiger partial charge in [-0.25, -0.2) is 13.4 Å². The number of carboxylic acids is 2. The standard InChI is InChI=1S/C14H14ClN5O6S/c15-9-5-18-12(19-14(16)17)8-3-6(1-2-7(8)9)27(25,26)20-10(13(23)24)4-11(21)22/h1-3,5,10,20H,4H2,(H,21,22)(H,23,24)(H4,16,17,18,19)/t10-/m1/s1. The summed E-state index contributed by atoms with van der Waals surface area (Å²) in [6.45, 7) is 0. The predicted octanol–water partition coefficient (Wildman–Crippen LogP) is -0.000700. The number of aliphatic carboxylic acids is 2. The molecule has 11 nitrogen and oxygen atoms in total. The van der Waals surface area contributed by atoms with Crippen molar-refractivity contribution in [2.24, 2.45) is 16.5 Å². The molecule has 13 heteroatoms. The van der Waals surface area contributed by atoms with E-state index in [-0.39, 0.29) is 27.1 Å². The second-order valence-corrected chi connectivity index (χ2v) is 7.40. The third-order valence-electron chi connectivity index (χ3n) is 3.31. The molecule has 7 N–H and O–H groups in total. The molecule has 0 amide bonds. The van der Waals surface area contributed by atoms with Gasteiger partial charge in [-0.15, -0.1) is 0 Å². The van der Waals surface area contributed by atoms with Gasteiger partial charge in [0.15, 0.2) is 11.8 Å². The maximum absolute atomic E-state index is 12.5. The van der Waals surface area contributed by atoms with Gasteiger partial charge >= 0.3 is 11.9 Å². The van der Waals surface area contributed by atoms with Crippen LogP contribution in [0.3, 0.4) is 0 Å². The van der Waals surface area contributed by atoms with Gasteiger partial charge in [0.2, 0.25) is 10.0 Å². The molecule has 0 unspecified atom stereocenters. The number of halogens is 1. The lowest BCUT2D eigenvalue weighted by Gasteiger charge is -2.14. The molecule has 144 valence electrons. The van der Waals surface area contributed by atoms with Gasteiger partial charge in [-0.3, -0.25) is 9.59 Å². The number of carboxylic acid groups (broad SMARTS) is 2. The fourth-order valence-corrected chi connectivity index (χ4v) is 3.59. The molecule has 1 aromatic carbocycles. The highest BCUT2D eigenvalue weighted by Crippen LogP contribution is 2.31. The zero-order valence-corrected chi connectivity index (χ0v) is 15.0. The van der Waals surface area contributed by atoms with Crippen LogP contribution in [0.2, 0.25) is 5.02 Å². The first-order chi connectivity index (χ1) is 12.5. The Bertz CT molecular complexity index is 1050. The minimum Gasteiger partial charge on any atom is -0.481 e. The summed E-state index contributed by atoms with van der Waals surface area (Å²) in [5.74, 6) is -3.42. The van der Waals surface area contributed by atoms with Crippen LogP contribution in [0.25, 0.3) is 10.8 Å². The van der Waals surface area contributed by atoms with Crippen LogP contribution in [0.5, 0.6) is 0 Å². The molecule has 0 fully saturated rings. The summed E-state index contributed by atoms with van der Waals surface area (Å²) >= 11 is 6.03. The number of aromatic nitrogens is 1. The summed E-state index contributed by atoms with van der Waals surface area (Å²) in [6.07, 6.45) is 0.347. The Balaban J connectivity index is 2.55. The number of pyridine rings is 1. The minimum absolute atomic E-state index is 0.00627. The highest BCUT2D eigenvalue weighted by atomic mass is 35.5. The van der Waals surface area contributed by atoms with Gasteiger partial charge in [-0.2, -0.15) is 9.71 Å². The number of sulfonamides is 1. The van der Waals surface area contributed by atoms with Gasteiger partial charge in [-0.1, -0.05) is 17.7 Å². The summed E-state index contributed by atoms with van der Waals surface area (Å²) in [5, 5.41) is 18.6. The number of hydrogen-bond acceptors (Lipinski definition) is 6. The Kier molecular flexibility index (Phi) is 5.83. The number of nitrogens with one attached hydrogen (secondary N) is 1. The fraction of sp³-hybridized carbons (Fsp3) is 0.143. The molecular weight excluding hydrogens is 402 g/mol. The van der Waals surface area contributed by atoms with Gasteiger partial charge in [0.1, 0.15) is 6.04 Å². The van der Waals surface area contributed by atoms with Crippen molar-refractivity contribution >= 4 is 56.1 Å². The molecule has 1 heterocycles. The summed E-state index contributed by atoms with van der Waals surface area (Å²) in [5.41, 5.74) is 10.7. The number of nitrogens with zero attached hydrogens (tertiary/aromatic N) is 2. The van der Waals surface area contributed by atoms with Crippen LogP contribution >= 0.6 is 11.6 Å². The van der Waals surface area contributed by atoms with Crippen LogP contribution in [0, 0.1) is 0 Å². The molecule has 0 radical (unpaired) electrons. The SMILES string of the molecule is NC(N)=Nc1ncc(Cl)c2ccc(S(=O)(=O)N[C@H](CC(=O)O)C(=O)O)cc12. The van der Waals surface area contributed by atoms with Crippen LogP contribution < -0.4 is 16.2 Å². The minimum atomic E-state index is -4.38. The molecule has 1 aromatic heterocycles. The van der Waals surface area contributed by atoms with Crippen molar-refractivity contribution in [2.45, 2.75) is 17.4 Å². The van der Waals surface area contributed by atoms with Crippen LogP contribution in [0.15, 0.2) is 34.3 Å². The Labute approximate surface area is 157 Å². The van der Waals surface area contributed by atoms with Crippen LogP contribution in [0.4, 0.5) is 5.82 Å². The zero-order chi connectivity index (χ0) is 20.4. The number of aliphatic imine (C=N–C) groups is 1. The van der Waals surface area contributed by atoms with Gasteiger partial charge in [0.05, 0.1) is 16.3 Å². The van der Waals surface area contributed by atoms with Crippen LogP contribution in [-0.4, -0.2) is 47.6 Å². The van der Waals surface area contributed by atoms with Crippen molar-refractivity contribution < 1.29 is 28.2 Å². The van der Waals surface area contributed by atoms with Crippen molar-refractivity contribution in [3.8, 4) is 0 Å². The van der Waals surface area contributed by atoms with Crippen LogP contribution in [-0.2, 0) is 19.6 Å². The van der Waals surface area contributed by atoms with Crippen molar-refractivity contribution in [3.63, 3.8) is 0 Å². The Morgan fingerprint density at radius 2 is 1.93 bits per heavy atom. The molecule has 0 aliphatic heterocycles. The highest BCUT2D eigenvalue weighted by molar-refractivity contribution is 7.89. The van der Waals surface area contributed by atoms with Crippen molar-refractivity contribution in [2.75, 3.05) is 0 Å². The Morgan fingerprint density at radius 1 is 1.26 bits per heavy atom. The van der Waals surface area contributed by atoms with E-state index < -0.39 is 34.4 Å². The zero-order valence-electron chi connectivity index (χ0n) is 13.5. The molecule has 0 aliphatic carbocycles. The van der Waals surface area contributed by atoms with E-state index in [9.17, 15) is 18.0 Å². The molecule has 2 rings (SSSR count). The number of nitrogens with two attached hydrogens (primary N) is 2. The number of rotatable bonds is 7. The van der Waals surface area contributed by atoms with E-state index in [0.717, 1.165) is 6.07 Å². The molecule has 27 heavy (non-hydrogen) atoms. The lowest BCUT2D eigenvalue weighted by Crippen LogP contribution is -2.42. The molecule has 0 saturated carbocycles. The van der Waals surface area contributed by atoms with E-state index in [1.807, 2.05) is 4.72 Å². The van der Waals surface area contributed by atoms with Crippen molar-refractivity contribution in [3.05, 3.63) is 29.4 Å². The summed E-state index contributed by atoms with van der Waals surface area (Å²) in [7, 11) is -4.38. The third kappa shape index (κ3) is 4.81. The van der Waals surface area contributed by atoms with Crippen molar-refractivity contribution in [1.29, 1.82) is 0 Å². The number of hydrogen-bond donors (Lipinski definition) is 5. The smallest absolute Gasteiger partial charge is 0.322 e.